The fourth-order valence-corrected chi connectivity index (χ4v) is 0.763. The van der Waals surface area contributed by atoms with Gasteiger partial charge in [0, 0.05) is 12.4 Å². The zero-order valence-corrected chi connectivity index (χ0v) is 7.64. The molecule has 0 atom stereocenters. The van der Waals surface area contributed by atoms with E-state index in [1.54, 1.807) is 24.3 Å². The monoisotopic (exact) mass is 195 g/mol. The number of aliphatic carboxylic acids is 1. The van der Waals surface area contributed by atoms with E-state index in [1.165, 1.54) is 0 Å². The first-order valence-electron chi connectivity index (χ1n) is 3.89. The number of rotatable bonds is 2. The van der Waals surface area contributed by atoms with Gasteiger partial charge in [-0.15, -0.1) is 0 Å². The summed E-state index contributed by atoms with van der Waals surface area (Å²) in [5.74, 6) is -1.12. The molecule has 0 aliphatic carbocycles. The van der Waals surface area contributed by atoms with Crippen molar-refractivity contribution in [1.82, 2.24) is 0 Å². The molecule has 5 nitrogen and oxygen atoms in total. The van der Waals surface area contributed by atoms with Gasteiger partial charge in [0.15, 0.2) is 0 Å². The molecule has 14 heavy (non-hydrogen) atoms. The minimum Gasteiger partial charge on any atom is -0.550 e. The van der Waals surface area contributed by atoms with E-state index < -0.39 is 5.97 Å². The second-order valence-corrected chi connectivity index (χ2v) is 2.53. The number of hydrogen-bond acceptors (Lipinski definition) is 2. The maximum atomic E-state index is 10.1. The second kappa shape index (κ2) is 6.47. The standard InChI is InChI=1S/C8H8O2.CH5N3/c9-8(10)6-7-4-2-1-3-5-7;2-1(3)4/h1-5H,6H2,(H,9,10);(H5,2,3,4). The van der Waals surface area contributed by atoms with Gasteiger partial charge in [0.25, 0.3) is 0 Å². The molecule has 0 saturated carbocycles. The highest BCUT2D eigenvalue weighted by Gasteiger charge is 1.88. The number of hydrogen-bond donors (Lipinski definition) is 3. The van der Waals surface area contributed by atoms with E-state index in [0.717, 1.165) is 5.56 Å². The zero-order chi connectivity index (χ0) is 11.0. The molecule has 1 rings (SSSR count). The van der Waals surface area contributed by atoms with Crippen LogP contribution < -0.4 is 22.0 Å². The van der Waals surface area contributed by atoms with Crippen LogP contribution in [0.4, 0.5) is 0 Å². The van der Waals surface area contributed by atoms with Crippen LogP contribution in [0.3, 0.4) is 0 Å². The third-order valence-electron chi connectivity index (χ3n) is 1.19. The molecule has 0 heterocycles. The highest BCUT2D eigenvalue weighted by atomic mass is 16.4. The van der Waals surface area contributed by atoms with E-state index in [1.807, 2.05) is 6.07 Å². The molecule has 0 amide bonds. The fraction of sp³-hybridized carbons (Fsp3) is 0.111. The number of nitrogens with two attached hydrogens (primary N) is 3. The van der Waals surface area contributed by atoms with E-state index in [0.29, 0.717) is 0 Å². The van der Waals surface area contributed by atoms with Crippen molar-refractivity contribution < 1.29 is 15.3 Å². The topological polar surface area (TPSA) is 118 Å². The molecular weight excluding hydrogens is 182 g/mol. The number of carbonyl (C=O) groups excluding carboxylic acids is 1. The Kier molecular flexibility index (Phi) is 5.53. The molecule has 0 saturated heterocycles. The number of carboxylic acids is 1. The van der Waals surface area contributed by atoms with Crippen LogP contribution in [0.2, 0.25) is 0 Å². The number of carboxylic acid groups (broad SMARTS) is 1. The molecule has 0 aliphatic heterocycles. The summed E-state index contributed by atoms with van der Waals surface area (Å²) in [7, 11) is 0. The van der Waals surface area contributed by atoms with Gasteiger partial charge in [-0.2, -0.15) is 0 Å². The van der Waals surface area contributed by atoms with Crippen molar-refractivity contribution in [3.8, 4) is 0 Å². The van der Waals surface area contributed by atoms with Gasteiger partial charge < -0.3 is 9.90 Å². The van der Waals surface area contributed by atoms with Gasteiger partial charge >= 0.3 is 5.96 Å². The van der Waals surface area contributed by atoms with Gasteiger partial charge in [-0.1, -0.05) is 30.3 Å². The third-order valence-corrected chi connectivity index (χ3v) is 1.19. The highest BCUT2D eigenvalue weighted by molar-refractivity contribution is 5.68. The Balaban J connectivity index is 0.000000364. The van der Waals surface area contributed by atoms with E-state index in [-0.39, 0.29) is 12.4 Å². The summed E-state index contributed by atoms with van der Waals surface area (Å²) < 4.78 is 0. The van der Waals surface area contributed by atoms with E-state index in [4.69, 9.17) is 0 Å². The van der Waals surface area contributed by atoms with Crippen LogP contribution in [0.25, 0.3) is 0 Å². The Labute approximate surface area is 81.9 Å². The molecule has 0 aliphatic rings. The molecule has 1 aromatic carbocycles. The quantitative estimate of drug-likeness (QED) is 0.344. The van der Waals surface area contributed by atoms with E-state index in [2.05, 4.69) is 16.9 Å². The maximum Gasteiger partial charge on any atom is 0.336 e. The SMILES string of the molecule is NC(N)=[NH2+].O=C([O-])Cc1ccccc1. The average molecular weight is 195 g/mol. The first kappa shape index (κ1) is 12.0. The minimum absolute atomic E-state index is 0.000833. The van der Waals surface area contributed by atoms with Crippen LogP contribution in [-0.4, -0.2) is 11.9 Å². The van der Waals surface area contributed by atoms with Crippen LogP contribution in [0.1, 0.15) is 5.56 Å². The Morgan fingerprint density at radius 2 is 1.71 bits per heavy atom. The Hall–Kier alpha value is -2.04. The number of guanidine groups is 1. The molecule has 6 N–H and O–H groups in total. The summed E-state index contributed by atoms with van der Waals surface area (Å²) in [5, 5.41) is 14.6. The van der Waals surface area contributed by atoms with Crippen molar-refractivity contribution in [2.45, 2.75) is 6.42 Å². The lowest BCUT2D eigenvalue weighted by atomic mass is 10.2. The largest absolute Gasteiger partial charge is 0.550 e. The van der Waals surface area contributed by atoms with Crippen molar-refractivity contribution in [1.29, 1.82) is 0 Å². The molecule has 5 heteroatoms. The summed E-state index contributed by atoms with van der Waals surface area (Å²) in [4.78, 5) is 10.1. The molecular formula is C9H13N3O2. The average Bonchev–Trinajstić information content (AvgIpc) is 2.03. The smallest absolute Gasteiger partial charge is 0.336 e. The fourth-order valence-electron chi connectivity index (χ4n) is 0.763. The van der Waals surface area contributed by atoms with Crippen LogP contribution in [0.15, 0.2) is 30.3 Å². The Morgan fingerprint density at radius 3 is 2.07 bits per heavy atom. The summed E-state index contributed by atoms with van der Waals surface area (Å²) in [6, 6.07) is 8.97. The molecule has 0 fully saturated rings. The van der Waals surface area contributed by atoms with Crippen molar-refractivity contribution in [2.75, 3.05) is 0 Å². The lowest BCUT2D eigenvalue weighted by Gasteiger charge is -1.99. The van der Waals surface area contributed by atoms with Crippen LogP contribution in [0.5, 0.6) is 0 Å². The minimum atomic E-state index is -1.04. The molecule has 0 spiro atoms. The predicted octanol–water partition coefficient (Wildman–Crippen LogP) is -3.00. The van der Waals surface area contributed by atoms with Gasteiger partial charge in [0.2, 0.25) is 0 Å². The highest BCUT2D eigenvalue weighted by Crippen LogP contribution is 1.97. The van der Waals surface area contributed by atoms with Gasteiger partial charge in [0.05, 0.1) is 0 Å². The van der Waals surface area contributed by atoms with Crippen LogP contribution in [-0.2, 0) is 11.2 Å². The maximum absolute atomic E-state index is 10.1. The second-order valence-electron chi connectivity index (χ2n) is 2.53. The molecule has 0 radical (unpaired) electrons. The summed E-state index contributed by atoms with van der Waals surface area (Å²) >= 11 is 0. The predicted molar refractivity (Wildman–Crippen MR) is 50.5 cm³/mol. The zero-order valence-electron chi connectivity index (χ0n) is 7.64. The van der Waals surface area contributed by atoms with Crippen LogP contribution >= 0.6 is 0 Å². The van der Waals surface area contributed by atoms with Crippen molar-refractivity contribution in [2.24, 2.45) is 11.5 Å². The molecule has 0 unspecified atom stereocenters. The van der Waals surface area contributed by atoms with Gasteiger partial charge in [-0.05, 0) is 5.56 Å². The molecule has 0 aromatic heterocycles. The summed E-state index contributed by atoms with van der Waals surface area (Å²) in [6.07, 6.45) is 0.000833. The Morgan fingerprint density at radius 1 is 1.29 bits per heavy atom. The van der Waals surface area contributed by atoms with Crippen LogP contribution in [0, 0.1) is 0 Å². The van der Waals surface area contributed by atoms with Gasteiger partial charge in [-0.3, -0.25) is 16.9 Å². The third kappa shape index (κ3) is 8.06. The first-order chi connectivity index (χ1) is 6.52. The van der Waals surface area contributed by atoms with Crippen molar-refractivity contribution >= 4 is 11.9 Å². The van der Waals surface area contributed by atoms with Crippen molar-refractivity contribution in [3.63, 3.8) is 0 Å². The first-order valence-corrected chi connectivity index (χ1v) is 3.89. The lowest BCUT2D eigenvalue weighted by molar-refractivity contribution is -0.304. The molecule has 1 aromatic rings. The Bertz CT molecular complexity index is 294. The normalized spacial score (nSPS) is 8.29. The lowest BCUT2D eigenvalue weighted by Crippen LogP contribution is -2.51. The van der Waals surface area contributed by atoms with Gasteiger partial charge in [0.1, 0.15) is 0 Å². The van der Waals surface area contributed by atoms with E-state index >= 15 is 0 Å². The summed E-state index contributed by atoms with van der Waals surface area (Å²) in [5.41, 5.74) is 9.95. The number of carbonyl (C=O) groups is 1. The molecule has 0 bridgehead atoms. The molecule has 76 valence electrons. The summed E-state index contributed by atoms with van der Waals surface area (Å²) in [6.45, 7) is 0. The number of benzene rings is 1. The van der Waals surface area contributed by atoms with E-state index in [9.17, 15) is 9.90 Å². The van der Waals surface area contributed by atoms with Crippen molar-refractivity contribution in [3.05, 3.63) is 35.9 Å². The van der Waals surface area contributed by atoms with Gasteiger partial charge in [-0.25, -0.2) is 0 Å².